The average molecular weight is 260 g/mol. The van der Waals surface area contributed by atoms with Gasteiger partial charge in [0, 0.05) is 44.8 Å². The van der Waals surface area contributed by atoms with Crippen molar-refractivity contribution in [3.05, 3.63) is 42.0 Å². The SMILES string of the molecule is COc1ccc(CN)c(N(C)Cc2nccn2C)c1. The van der Waals surface area contributed by atoms with Gasteiger partial charge in [-0.05, 0) is 11.6 Å². The van der Waals surface area contributed by atoms with Crippen molar-refractivity contribution in [2.75, 3.05) is 19.1 Å². The van der Waals surface area contributed by atoms with E-state index < -0.39 is 0 Å². The number of anilines is 1. The number of nitrogens with two attached hydrogens (primary N) is 1. The first-order valence-electron chi connectivity index (χ1n) is 6.20. The molecule has 0 saturated heterocycles. The van der Waals surface area contributed by atoms with Gasteiger partial charge < -0.3 is 19.9 Å². The quantitative estimate of drug-likeness (QED) is 0.885. The highest BCUT2D eigenvalue weighted by Crippen LogP contribution is 2.26. The molecule has 0 aliphatic rings. The summed E-state index contributed by atoms with van der Waals surface area (Å²) in [4.78, 5) is 6.47. The van der Waals surface area contributed by atoms with E-state index in [4.69, 9.17) is 10.5 Å². The molecule has 2 rings (SSSR count). The van der Waals surface area contributed by atoms with Crippen molar-refractivity contribution >= 4 is 5.69 Å². The van der Waals surface area contributed by atoms with Gasteiger partial charge in [0.1, 0.15) is 11.6 Å². The summed E-state index contributed by atoms with van der Waals surface area (Å²) < 4.78 is 7.29. The standard InChI is InChI=1S/C14H20N4O/c1-17-7-6-16-14(17)10-18(2)13-8-12(19-3)5-4-11(13)9-15/h4-8H,9-10,15H2,1-3H3. The Bertz CT molecular complexity index is 550. The number of aryl methyl sites for hydroxylation is 1. The maximum Gasteiger partial charge on any atom is 0.127 e. The lowest BCUT2D eigenvalue weighted by molar-refractivity contribution is 0.414. The molecule has 0 unspecified atom stereocenters. The largest absolute Gasteiger partial charge is 0.497 e. The predicted molar refractivity (Wildman–Crippen MR) is 76.2 cm³/mol. The van der Waals surface area contributed by atoms with Crippen LogP contribution in [-0.4, -0.2) is 23.7 Å². The first-order valence-corrected chi connectivity index (χ1v) is 6.20. The Kier molecular flexibility index (Phi) is 4.06. The zero-order valence-electron chi connectivity index (χ0n) is 11.6. The van der Waals surface area contributed by atoms with Crippen LogP contribution in [0, 0.1) is 0 Å². The molecule has 0 atom stereocenters. The molecule has 1 heterocycles. The summed E-state index contributed by atoms with van der Waals surface area (Å²) in [6.45, 7) is 1.23. The number of ether oxygens (including phenoxy) is 1. The molecule has 0 saturated carbocycles. The number of hydrogen-bond acceptors (Lipinski definition) is 4. The van der Waals surface area contributed by atoms with Crippen molar-refractivity contribution < 1.29 is 4.74 Å². The van der Waals surface area contributed by atoms with Crippen LogP contribution in [0.5, 0.6) is 5.75 Å². The van der Waals surface area contributed by atoms with E-state index in [1.807, 2.05) is 43.1 Å². The van der Waals surface area contributed by atoms with Crippen molar-refractivity contribution in [3.63, 3.8) is 0 Å². The molecule has 5 heteroatoms. The number of nitrogens with zero attached hydrogens (tertiary/aromatic N) is 3. The highest BCUT2D eigenvalue weighted by atomic mass is 16.5. The molecule has 0 aliphatic heterocycles. The lowest BCUT2D eigenvalue weighted by atomic mass is 10.1. The van der Waals surface area contributed by atoms with E-state index in [1.54, 1.807) is 13.3 Å². The fourth-order valence-electron chi connectivity index (χ4n) is 2.04. The minimum atomic E-state index is 0.504. The zero-order valence-corrected chi connectivity index (χ0v) is 11.6. The molecule has 1 aromatic carbocycles. The monoisotopic (exact) mass is 260 g/mol. The first-order chi connectivity index (χ1) is 9.15. The number of methoxy groups -OCH3 is 1. The summed E-state index contributed by atoms with van der Waals surface area (Å²) in [7, 11) is 5.69. The Labute approximate surface area is 113 Å². The maximum absolute atomic E-state index is 5.79. The summed E-state index contributed by atoms with van der Waals surface area (Å²) in [5.41, 5.74) is 7.96. The van der Waals surface area contributed by atoms with Crippen molar-refractivity contribution in [1.82, 2.24) is 9.55 Å². The molecule has 0 bridgehead atoms. The summed E-state index contributed by atoms with van der Waals surface area (Å²) >= 11 is 0. The Morgan fingerprint density at radius 2 is 2.21 bits per heavy atom. The Morgan fingerprint density at radius 1 is 1.42 bits per heavy atom. The first kappa shape index (κ1) is 13.4. The Morgan fingerprint density at radius 3 is 2.79 bits per heavy atom. The van der Waals surface area contributed by atoms with Crippen LogP contribution in [0.25, 0.3) is 0 Å². The van der Waals surface area contributed by atoms with E-state index in [-0.39, 0.29) is 0 Å². The fourth-order valence-corrected chi connectivity index (χ4v) is 2.04. The Hall–Kier alpha value is -2.01. The topological polar surface area (TPSA) is 56.3 Å². The van der Waals surface area contributed by atoms with Crippen LogP contribution in [0.15, 0.2) is 30.6 Å². The molecular formula is C14H20N4O. The van der Waals surface area contributed by atoms with Gasteiger partial charge in [-0.2, -0.15) is 0 Å². The second-order valence-corrected chi connectivity index (χ2v) is 4.51. The average Bonchev–Trinajstić information content (AvgIpc) is 2.83. The molecule has 1 aromatic heterocycles. The molecule has 102 valence electrons. The van der Waals surface area contributed by atoms with Gasteiger partial charge in [-0.1, -0.05) is 6.07 Å². The molecule has 0 radical (unpaired) electrons. The zero-order chi connectivity index (χ0) is 13.8. The number of aromatic nitrogens is 2. The van der Waals surface area contributed by atoms with Gasteiger partial charge >= 0.3 is 0 Å². The smallest absolute Gasteiger partial charge is 0.127 e. The molecule has 0 fully saturated rings. The highest BCUT2D eigenvalue weighted by Gasteiger charge is 2.10. The Balaban J connectivity index is 2.26. The van der Waals surface area contributed by atoms with Gasteiger partial charge in [0.25, 0.3) is 0 Å². The van der Waals surface area contributed by atoms with Crippen LogP contribution in [0.1, 0.15) is 11.4 Å². The van der Waals surface area contributed by atoms with Crippen LogP contribution in [0.3, 0.4) is 0 Å². The third-order valence-electron chi connectivity index (χ3n) is 3.22. The van der Waals surface area contributed by atoms with Gasteiger partial charge in [-0.3, -0.25) is 0 Å². The van der Waals surface area contributed by atoms with Crippen LogP contribution in [-0.2, 0) is 20.1 Å². The molecule has 5 nitrogen and oxygen atoms in total. The van der Waals surface area contributed by atoms with Crippen molar-refractivity contribution in [1.29, 1.82) is 0 Å². The van der Waals surface area contributed by atoms with Crippen molar-refractivity contribution in [3.8, 4) is 5.75 Å². The van der Waals surface area contributed by atoms with Crippen LogP contribution >= 0.6 is 0 Å². The minimum absolute atomic E-state index is 0.504. The molecule has 0 amide bonds. The van der Waals surface area contributed by atoms with Gasteiger partial charge in [0.15, 0.2) is 0 Å². The van der Waals surface area contributed by atoms with E-state index in [0.29, 0.717) is 6.54 Å². The molecular weight excluding hydrogens is 240 g/mol. The van der Waals surface area contributed by atoms with E-state index >= 15 is 0 Å². The normalized spacial score (nSPS) is 10.5. The number of hydrogen-bond donors (Lipinski definition) is 1. The molecule has 0 aliphatic carbocycles. The van der Waals surface area contributed by atoms with Crippen LogP contribution in [0.2, 0.25) is 0 Å². The summed E-state index contributed by atoms with van der Waals surface area (Å²) in [6, 6.07) is 5.94. The molecule has 19 heavy (non-hydrogen) atoms. The predicted octanol–water partition coefficient (Wildman–Crippen LogP) is 1.52. The molecule has 2 aromatic rings. The third kappa shape index (κ3) is 2.88. The lowest BCUT2D eigenvalue weighted by Crippen LogP contribution is -2.21. The second-order valence-electron chi connectivity index (χ2n) is 4.51. The second kappa shape index (κ2) is 5.75. The minimum Gasteiger partial charge on any atom is -0.497 e. The van der Waals surface area contributed by atoms with Crippen LogP contribution < -0.4 is 15.4 Å². The number of benzene rings is 1. The van der Waals surface area contributed by atoms with E-state index in [2.05, 4.69) is 9.88 Å². The van der Waals surface area contributed by atoms with Gasteiger partial charge in [-0.25, -0.2) is 4.98 Å². The molecule has 0 spiro atoms. The third-order valence-corrected chi connectivity index (χ3v) is 3.22. The maximum atomic E-state index is 5.79. The number of imidazole rings is 1. The van der Waals surface area contributed by atoms with Gasteiger partial charge in [0.2, 0.25) is 0 Å². The van der Waals surface area contributed by atoms with Crippen LogP contribution in [0.4, 0.5) is 5.69 Å². The van der Waals surface area contributed by atoms with Gasteiger partial charge in [-0.15, -0.1) is 0 Å². The number of rotatable bonds is 5. The van der Waals surface area contributed by atoms with Crippen molar-refractivity contribution in [2.24, 2.45) is 12.8 Å². The summed E-state index contributed by atoms with van der Waals surface area (Å²) in [5.74, 6) is 1.84. The van der Waals surface area contributed by atoms with Gasteiger partial charge in [0.05, 0.1) is 13.7 Å². The fraction of sp³-hybridized carbons (Fsp3) is 0.357. The summed E-state index contributed by atoms with van der Waals surface area (Å²) in [6.07, 6.45) is 3.75. The van der Waals surface area contributed by atoms with E-state index in [0.717, 1.165) is 29.4 Å². The highest BCUT2D eigenvalue weighted by molar-refractivity contribution is 5.56. The molecule has 2 N–H and O–H groups in total. The lowest BCUT2D eigenvalue weighted by Gasteiger charge is -2.22. The summed E-state index contributed by atoms with van der Waals surface area (Å²) in [5, 5.41) is 0. The van der Waals surface area contributed by atoms with E-state index in [9.17, 15) is 0 Å². The van der Waals surface area contributed by atoms with Crippen molar-refractivity contribution in [2.45, 2.75) is 13.1 Å². The van der Waals surface area contributed by atoms with E-state index in [1.165, 1.54) is 0 Å².